The normalized spacial score (nSPS) is 15.1. The van der Waals surface area contributed by atoms with Gasteiger partial charge >= 0.3 is 0 Å². The summed E-state index contributed by atoms with van der Waals surface area (Å²) in [6.07, 6.45) is 7.92. The zero-order valence-corrected chi connectivity index (χ0v) is 25.8. The largest absolute Gasteiger partial charge is 0.278 e. The summed E-state index contributed by atoms with van der Waals surface area (Å²) in [7, 11) is 0. The Morgan fingerprint density at radius 1 is 0.727 bits per heavy atom. The maximum Gasteiger partial charge on any atom is 0.238 e. The van der Waals surface area contributed by atoms with Crippen molar-refractivity contribution < 1.29 is 0 Å². The quantitative estimate of drug-likeness (QED) is 0.197. The molecule has 2 heterocycles. The lowest BCUT2D eigenvalue weighted by atomic mass is 9.77. The topological polar surface area (TPSA) is 43.6 Å². The van der Waals surface area contributed by atoms with E-state index in [1.807, 2.05) is 42.5 Å². The van der Waals surface area contributed by atoms with Crippen molar-refractivity contribution in [3.8, 4) is 28.7 Å². The van der Waals surface area contributed by atoms with Crippen LogP contribution in [0.5, 0.6) is 0 Å². The Balaban J connectivity index is 0.000000739. The van der Waals surface area contributed by atoms with E-state index in [-0.39, 0.29) is 5.41 Å². The molecular formula is C40H38N4. The Bertz CT molecular complexity index is 1970. The fourth-order valence-electron chi connectivity index (χ4n) is 6.95. The van der Waals surface area contributed by atoms with E-state index in [2.05, 4.69) is 92.6 Å². The van der Waals surface area contributed by atoms with Gasteiger partial charge in [0, 0.05) is 27.3 Å². The number of nitrogens with zero attached hydrogens (tertiary/aromatic N) is 4. The third-order valence-corrected chi connectivity index (χ3v) is 9.21. The summed E-state index contributed by atoms with van der Waals surface area (Å²) in [5, 5.41) is 2.48. The first-order valence-corrected chi connectivity index (χ1v) is 15.8. The molecule has 0 amide bonds. The van der Waals surface area contributed by atoms with Gasteiger partial charge in [-0.3, -0.25) is 4.57 Å². The van der Waals surface area contributed by atoms with Crippen LogP contribution >= 0.6 is 0 Å². The molecule has 0 saturated heterocycles. The molecule has 0 spiro atoms. The highest BCUT2D eigenvalue weighted by molar-refractivity contribution is 6.10. The predicted octanol–water partition coefficient (Wildman–Crippen LogP) is 10.5. The van der Waals surface area contributed by atoms with Crippen LogP contribution in [0.15, 0.2) is 115 Å². The minimum absolute atomic E-state index is 0.0318. The number of benzene rings is 4. The summed E-state index contributed by atoms with van der Waals surface area (Å²) in [5.41, 5.74) is 10.3. The van der Waals surface area contributed by atoms with Gasteiger partial charge < -0.3 is 0 Å². The summed E-state index contributed by atoms with van der Waals surface area (Å²) >= 11 is 0. The van der Waals surface area contributed by atoms with Gasteiger partial charge in [0.05, 0.1) is 11.0 Å². The van der Waals surface area contributed by atoms with E-state index in [9.17, 15) is 0 Å². The van der Waals surface area contributed by atoms with E-state index in [0.717, 1.165) is 28.6 Å². The highest BCUT2D eigenvalue weighted by Gasteiger charge is 2.39. The second kappa shape index (κ2) is 11.3. The van der Waals surface area contributed by atoms with Crippen molar-refractivity contribution in [2.24, 2.45) is 0 Å². The van der Waals surface area contributed by atoms with E-state index in [1.54, 1.807) is 11.1 Å². The maximum atomic E-state index is 5.10. The van der Waals surface area contributed by atoms with Crippen molar-refractivity contribution in [3.63, 3.8) is 0 Å². The van der Waals surface area contributed by atoms with E-state index >= 15 is 0 Å². The van der Waals surface area contributed by atoms with Crippen molar-refractivity contribution in [1.82, 2.24) is 19.5 Å². The first-order valence-electron chi connectivity index (χ1n) is 15.8. The van der Waals surface area contributed by atoms with Crippen LogP contribution in [0.2, 0.25) is 0 Å². The molecule has 0 radical (unpaired) electrons. The average molecular weight is 575 g/mol. The van der Waals surface area contributed by atoms with Crippen molar-refractivity contribution in [2.75, 3.05) is 0 Å². The number of rotatable bonds is 4. The van der Waals surface area contributed by atoms with Gasteiger partial charge in [-0.25, -0.2) is 4.98 Å². The van der Waals surface area contributed by atoms with Crippen LogP contribution in [0.4, 0.5) is 0 Å². The Kier molecular flexibility index (Phi) is 7.21. The molecule has 218 valence electrons. The van der Waals surface area contributed by atoms with Crippen LogP contribution in [-0.4, -0.2) is 19.5 Å². The fourth-order valence-corrected chi connectivity index (χ4v) is 6.95. The van der Waals surface area contributed by atoms with Crippen molar-refractivity contribution >= 4 is 27.4 Å². The van der Waals surface area contributed by atoms with Gasteiger partial charge in [-0.05, 0) is 67.0 Å². The minimum atomic E-state index is 0.0318. The molecule has 0 fully saturated rings. The molecule has 4 aromatic carbocycles. The summed E-state index contributed by atoms with van der Waals surface area (Å²) in [6, 6.07) is 33.9. The maximum absolute atomic E-state index is 5.10. The van der Waals surface area contributed by atoms with Crippen LogP contribution in [0.3, 0.4) is 0 Å². The standard InChI is InChI=1S/C36H30N4.C4H8/c1-36(2)29-19-11-9-17-25(29)27-21-28-26-18-10-12-20-31(26)40(32(28)22-30(27)36)35-38-33(23-13-5-3-6-14-23)37-34(39-35)24-15-7-4-8-16-24;1-3-4-2/h3-8,10,12-16,18,20-22H,9,11,17,19H2,1-2H3;3H,1,4H2,2H3. The van der Waals surface area contributed by atoms with Gasteiger partial charge in [0.1, 0.15) is 0 Å². The van der Waals surface area contributed by atoms with Gasteiger partial charge in [0.25, 0.3) is 0 Å². The van der Waals surface area contributed by atoms with Crippen LogP contribution < -0.4 is 0 Å². The molecule has 6 aromatic rings. The summed E-state index contributed by atoms with van der Waals surface area (Å²) < 4.78 is 2.25. The Morgan fingerprint density at radius 3 is 1.95 bits per heavy atom. The molecule has 4 heteroatoms. The van der Waals surface area contributed by atoms with Gasteiger partial charge in [0.15, 0.2) is 11.6 Å². The number of aromatic nitrogens is 4. The molecule has 0 aliphatic heterocycles. The molecule has 0 saturated carbocycles. The van der Waals surface area contributed by atoms with Gasteiger partial charge in [-0.1, -0.05) is 111 Å². The third-order valence-electron chi connectivity index (χ3n) is 9.21. The smallest absolute Gasteiger partial charge is 0.238 e. The zero-order valence-electron chi connectivity index (χ0n) is 25.8. The van der Waals surface area contributed by atoms with E-state index in [4.69, 9.17) is 15.0 Å². The number of hydrogen-bond acceptors (Lipinski definition) is 3. The molecule has 2 aliphatic rings. The molecule has 0 unspecified atom stereocenters. The number of para-hydroxylation sites is 1. The summed E-state index contributed by atoms with van der Waals surface area (Å²) in [4.78, 5) is 15.1. The molecule has 4 nitrogen and oxygen atoms in total. The minimum Gasteiger partial charge on any atom is -0.278 e. The van der Waals surface area contributed by atoms with E-state index in [1.165, 1.54) is 47.6 Å². The van der Waals surface area contributed by atoms with Gasteiger partial charge in [-0.15, -0.1) is 6.58 Å². The molecule has 0 atom stereocenters. The molecule has 0 bridgehead atoms. The molecular weight excluding hydrogens is 536 g/mol. The molecule has 8 rings (SSSR count). The monoisotopic (exact) mass is 574 g/mol. The average Bonchev–Trinajstić information content (AvgIpc) is 3.53. The predicted molar refractivity (Wildman–Crippen MR) is 184 cm³/mol. The Hall–Kier alpha value is -4.83. The lowest BCUT2D eigenvalue weighted by molar-refractivity contribution is 0.574. The van der Waals surface area contributed by atoms with Gasteiger partial charge in [0.2, 0.25) is 5.95 Å². The number of hydrogen-bond donors (Lipinski definition) is 0. The van der Waals surface area contributed by atoms with E-state index < -0.39 is 0 Å². The SMILES string of the molecule is C=CCC.CC1(C)C2=C(CCCC2)c2cc3c4ccccc4n(-c4nc(-c5ccccc5)nc(-c5ccccc5)n4)c3cc21. The second-order valence-corrected chi connectivity index (χ2v) is 12.3. The highest BCUT2D eigenvalue weighted by atomic mass is 15.2. The fraction of sp³-hybridized carbons (Fsp3) is 0.225. The number of fused-ring (bicyclic) bond motifs is 5. The summed E-state index contributed by atoms with van der Waals surface area (Å²) in [6.45, 7) is 10.4. The third kappa shape index (κ3) is 4.66. The zero-order chi connectivity index (χ0) is 30.3. The highest BCUT2D eigenvalue weighted by Crippen LogP contribution is 2.53. The van der Waals surface area contributed by atoms with Gasteiger partial charge in [-0.2, -0.15) is 9.97 Å². The molecule has 2 aliphatic carbocycles. The molecule has 0 N–H and O–H groups in total. The molecule has 2 aromatic heterocycles. The lowest BCUT2D eigenvalue weighted by Crippen LogP contribution is -2.18. The van der Waals surface area contributed by atoms with Crippen molar-refractivity contribution in [2.45, 2.75) is 58.3 Å². The van der Waals surface area contributed by atoms with Crippen LogP contribution in [0.25, 0.3) is 56.1 Å². The van der Waals surface area contributed by atoms with E-state index in [0.29, 0.717) is 17.6 Å². The Morgan fingerprint density at radius 2 is 1.32 bits per heavy atom. The lowest BCUT2D eigenvalue weighted by Gasteiger charge is -2.27. The number of allylic oxidation sites excluding steroid dienone is 3. The van der Waals surface area contributed by atoms with Crippen molar-refractivity contribution in [1.29, 1.82) is 0 Å². The van der Waals surface area contributed by atoms with Crippen LogP contribution in [-0.2, 0) is 5.41 Å². The van der Waals surface area contributed by atoms with Crippen LogP contribution in [0.1, 0.15) is 64.0 Å². The first kappa shape index (κ1) is 28.0. The first-order chi connectivity index (χ1) is 21.5. The molecule has 44 heavy (non-hydrogen) atoms. The summed E-state index contributed by atoms with van der Waals surface area (Å²) in [5.74, 6) is 2.00. The Labute approximate surface area is 259 Å². The van der Waals surface area contributed by atoms with Crippen molar-refractivity contribution in [3.05, 3.63) is 126 Å². The van der Waals surface area contributed by atoms with Crippen LogP contribution in [0, 0.1) is 0 Å². The second-order valence-electron chi connectivity index (χ2n) is 12.3.